The first-order valence-corrected chi connectivity index (χ1v) is 10.6. The van der Waals surface area contributed by atoms with Crippen molar-refractivity contribution in [2.75, 3.05) is 19.6 Å². The van der Waals surface area contributed by atoms with Crippen LogP contribution in [0.5, 0.6) is 0 Å². The van der Waals surface area contributed by atoms with Gasteiger partial charge in [-0.05, 0) is 42.7 Å². The van der Waals surface area contributed by atoms with Gasteiger partial charge in [0.05, 0.1) is 6.54 Å². The van der Waals surface area contributed by atoms with Gasteiger partial charge in [0.15, 0.2) is 0 Å². The number of hydrogen-bond acceptors (Lipinski definition) is 2. The number of benzene rings is 1. The third-order valence-electron chi connectivity index (χ3n) is 4.56. The van der Waals surface area contributed by atoms with E-state index in [2.05, 4.69) is 13.8 Å². The summed E-state index contributed by atoms with van der Waals surface area (Å²) in [5.41, 5.74) is 1.44. The molecule has 2 amide bonds. The smallest absolute Gasteiger partial charge is 0.254 e. The van der Waals surface area contributed by atoms with Gasteiger partial charge in [0.25, 0.3) is 5.91 Å². The van der Waals surface area contributed by atoms with Gasteiger partial charge in [0.2, 0.25) is 5.91 Å². The summed E-state index contributed by atoms with van der Waals surface area (Å²) in [6.45, 7) is 7.77. The molecule has 158 valence electrons. The summed E-state index contributed by atoms with van der Waals surface area (Å²) in [5.74, 6) is 0.00377. The number of aromatic nitrogens is 1. The number of hydrogen-bond donors (Lipinski definition) is 0. The van der Waals surface area contributed by atoms with Gasteiger partial charge >= 0.3 is 0 Å². The molecule has 0 bridgehead atoms. The van der Waals surface area contributed by atoms with E-state index in [-0.39, 0.29) is 18.4 Å². The molecule has 2 aromatic rings. The lowest BCUT2D eigenvalue weighted by Crippen LogP contribution is -2.44. The van der Waals surface area contributed by atoms with E-state index in [1.807, 2.05) is 41.8 Å². The molecule has 1 aromatic heterocycles. The summed E-state index contributed by atoms with van der Waals surface area (Å²) in [6.07, 6.45) is 2.71. The lowest BCUT2D eigenvalue weighted by molar-refractivity contribution is -0.133. The van der Waals surface area contributed by atoms with E-state index >= 15 is 0 Å². The molecule has 1 aromatic carbocycles. The Bertz CT molecular complexity index is 828. The van der Waals surface area contributed by atoms with Crippen molar-refractivity contribution in [2.45, 2.75) is 33.7 Å². The van der Waals surface area contributed by atoms with Crippen molar-refractivity contribution in [1.29, 1.82) is 0 Å². The second kappa shape index (κ2) is 10.7. The molecule has 0 saturated heterocycles. The van der Waals surface area contributed by atoms with E-state index in [9.17, 15) is 9.59 Å². The summed E-state index contributed by atoms with van der Waals surface area (Å²) >= 11 is 12.1. The molecule has 0 N–H and O–H groups in total. The van der Waals surface area contributed by atoms with E-state index < -0.39 is 0 Å². The van der Waals surface area contributed by atoms with Crippen molar-refractivity contribution in [1.82, 2.24) is 14.4 Å². The first kappa shape index (κ1) is 23.3. The van der Waals surface area contributed by atoms with E-state index in [0.717, 1.165) is 12.1 Å². The van der Waals surface area contributed by atoms with Crippen LogP contribution in [0.2, 0.25) is 10.0 Å². The maximum atomic E-state index is 13.1. The monoisotopic (exact) mass is 437 g/mol. The highest BCUT2D eigenvalue weighted by molar-refractivity contribution is 6.35. The Kier molecular flexibility index (Phi) is 8.60. The summed E-state index contributed by atoms with van der Waals surface area (Å²) in [6, 6.07) is 8.71. The first-order valence-electron chi connectivity index (χ1n) is 9.84. The van der Waals surface area contributed by atoms with Crippen molar-refractivity contribution in [3.05, 3.63) is 57.8 Å². The molecule has 7 heteroatoms. The quantitative estimate of drug-likeness (QED) is 0.561. The van der Waals surface area contributed by atoms with Gasteiger partial charge in [-0.15, -0.1) is 0 Å². The van der Waals surface area contributed by atoms with Gasteiger partial charge in [0, 0.05) is 47.6 Å². The molecule has 0 aliphatic rings. The van der Waals surface area contributed by atoms with E-state index in [0.29, 0.717) is 41.2 Å². The minimum absolute atomic E-state index is 0.0218. The number of carbonyl (C=O) groups excluding carboxylic acids is 2. The second-order valence-corrected chi connectivity index (χ2v) is 8.54. The minimum atomic E-state index is -0.243. The summed E-state index contributed by atoms with van der Waals surface area (Å²) in [5, 5.41) is 0.794. The number of halogens is 2. The zero-order chi connectivity index (χ0) is 21.6. The Morgan fingerprint density at radius 3 is 2.28 bits per heavy atom. The topological polar surface area (TPSA) is 45.6 Å². The van der Waals surface area contributed by atoms with Crippen LogP contribution in [0.15, 0.2) is 36.5 Å². The minimum Gasteiger partial charge on any atom is -0.353 e. The molecule has 0 unspecified atom stereocenters. The molecule has 0 atom stereocenters. The highest BCUT2D eigenvalue weighted by atomic mass is 35.5. The maximum Gasteiger partial charge on any atom is 0.254 e. The van der Waals surface area contributed by atoms with Crippen LogP contribution in [0, 0.1) is 5.92 Å². The van der Waals surface area contributed by atoms with Crippen LogP contribution < -0.4 is 0 Å². The van der Waals surface area contributed by atoms with Crippen molar-refractivity contribution < 1.29 is 9.59 Å². The molecular formula is C22H29Cl2N3O2. The predicted octanol–water partition coefficient (Wildman–Crippen LogP) is 4.87. The molecule has 0 aliphatic heterocycles. The Morgan fingerprint density at radius 2 is 1.76 bits per heavy atom. The molecule has 0 aliphatic carbocycles. The fourth-order valence-corrected chi connectivity index (χ4v) is 3.72. The van der Waals surface area contributed by atoms with Crippen LogP contribution in [0.3, 0.4) is 0 Å². The Labute approximate surface area is 183 Å². The standard InChI is InChI=1S/C22H29Cl2N3O2/c1-5-8-26(22(29)17-10-18(23)12-19(24)11-17)15-21(28)27(13-16(2)3)14-20-7-6-9-25(20)4/h6-7,9-12,16H,5,8,13-15H2,1-4H3. The maximum absolute atomic E-state index is 13.1. The van der Waals surface area contributed by atoms with Crippen molar-refractivity contribution in [3.8, 4) is 0 Å². The molecule has 2 rings (SSSR count). The number of amides is 2. The van der Waals surface area contributed by atoms with E-state index in [4.69, 9.17) is 23.2 Å². The van der Waals surface area contributed by atoms with Gasteiger partial charge in [0.1, 0.15) is 6.54 Å². The third kappa shape index (κ3) is 6.79. The fraction of sp³-hybridized carbons (Fsp3) is 0.455. The number of nitrogens with zero attached hydrogens (tertiary/aromatic N) is 3. The van der Waals surface area contributed by atoms with Crippen molar-refractivity contribution >= 4 is 35.0 Å². The van der Waals surface area contributed by atoms with Crippen LogP contribution >= 0.6 is 23.2 Å². The average Bonchev–Trinajstić information content (AvgIpc) is 3.03. The highest BCUT2D eigenvalue weighted by Gasteiger charge is 2.23. The molecule has 5 nitrogen and oxygen atoms in total. The lowest BCUT2D eigenvalue weighted by atomic mass is 10.1. The van der Waals surface area contributed by atoms with E-state index in [1.54, 1.807) is 23.1 Å². The lowest BCUT2D eigenvalue weighted by Gasteiger charge is -2.29. The van der Waals surface area contributed by atoms with Gasteiger partial charge in [-0.25, -0.2) is 0 Å². The second-order valence-electron chi connectivity index (χ2n) is 7.66. The van der Waals surface area contributed by atoms with Crippen molar-refractivity contribution in [3.63, 3.8) is 0 Å². The van der Waals surface area contributed by atoms with Crippen LogP contribution in [-0.4, -0.2) is 45.8 Å². The normalized spacial score (nSPS) is 11.0. The number of aryl methyl sites for hydroxylation is 1. The fourth-order valence-electron chi connectivity index (χ4n) is 3.20. The molecule has 0 saturated carbocycles. The van der Waals surface area contributed by atoms with Crippen LogP contribution in [0.25, 0.3) is 0 Å². The molecular weight excluding hydrogens is 409 g/mol. The van der Waals surface area contributed by atoms with E-state index in [1.165, 1.54) is 0 Å². The molecule has 0 fully saturated rings. The van der Waals surface area contributed by atoms with Gasteiger partial charge in [-0.1, -0.05) is 44.0 Å². The summed E-state index contributed by atoms with van der Waals surface area (Å²) in [4.78, 5) is 29.6. The van der Waals surface area contributed by atoms with Crippen LogP contribution in [0.4, 0.5) is 0 Å². The zero-order valence-electron chi connectivity index (χ0n) is 17.5. The van der Waals surface area contributed by atoms with Gasteiger partial charge < -0.3 is 14.4 Å². The van der Waals surface area contributed by atoms with Crippen molar-refractivity contribution in [2.24, 2.45) is 13.0 Å². The first-order chi connectivity index (χ1) is 13.7. The van der Waals surface area contributed by atoms with Gasteiger partial charge in [-0.3, -0.25) is 9.59 Å². The highest BCUT2D eigenvalue weighted by Crippen LogP contribution is 2.20. The SMILES string of the molecule is CCCN(CC(=O)N(Cc1cccn1C)CC(C)C)C(=O)c1cc(Cl)cc(Cl)c1. The predicted molar refractivity (Wildman–Crippen MR) is 118 cm³/mol. The Hall–Kier alpha value is -1.98. The molecule has 1 heterocycles. The average molecular weight is 438 g/mol. The number of carbonyl (C=O) groups is 2. The Balaban J connectivity index is 2.20. The number of rotatable bonds is 9. The zero-order valence-corrected chi connectivity index (χ0v) is 19.0. The van der Waals surface area contributed by atoms with Crippen LogP contribution in [0.1, 0.15) is 43.2 Å². The molecule has 29 heavy (non-hydrogen) atoms. The Morgan fingerprint density at radius 1 is 1.10 bits per heavy atom. The third-order valence-corrected chi connectivity index (χ3v) is 5.00. The van der Waals surface area contributed by atoms with Crippen LogP contribution in [-0.2, 0) is 18.4 Å². The summed E-state index contributed by atoms with van der Waals surface area (Å²) < 4.78 is 2.00. The molecule has 0 spiro atoms. The molecule has 0 radical (unpaired) electrons. The van der Waals surface area contributed by atoms with Gasteiger partial charge in [-0.2, -0.15) is 0 Å². The largest absolute Gasteiger partial charge is 0.353 e. The summed E-state index contributed by atoms with van der Waals surface area (Å²) in [7, 11) is 1.96.